The Labute approximate surface area is 113 Å². The van der Waals surface area contributed by atoms with Gasteiger partial charge in [0.2, 0.25) is 0 Å². The molecule has 0 radical (unpaired) electrons. The van der Waals surface area contributed by atoms with E-state index in [-0.39, 0.29) is 11.9 Å². The van der Waals surface area contributed by atoms with Crippen molar-refractivity contribution in [1.82, 2.24) is 0 Å². The van der Waals surface area contributed by atoms with E-state index in [9.17, 15) is 4.39 Å². The van der Waals surface area contributed by atoms with Gasteiger partial charge in [-0.05, 0) is 43.2 Å². The van der Waals surface area contributed by atoms with Crippen LogP contribution in [0.1, 0.15) is 24.1 Å². The average molecular weight is 258 g/mol. The van der Waals surface area contributed by atoms with Crippen LogP contribution in [0.4, 0.5) is 15.8 Å². The molecule has 1 atom stereocenters. The number of hydrogen-bond donors (Lipinski definition) is 1. The van der Waals surface area contributed by atoms with Crippen molar-refractivity contribution in [3.8, 4) is 0 Å². The highest BCUT2D eigenvalue weighted by atomic mass is 19.1. The van der Waals surface area contributed by atoms with Crippen molar-refractivity contribution in [2.24, 2.45) is 5.73 Å². The molecule has 0 heterocycles. The first-order valence-corrected chi connectivity index (χ1v) is 6.35. The molecule has 0 aliphatic rings. The Morgan fingerprint density at radius 3 is 2.37 bits per heavy atom. The summed E-state index contributed by atoms with van der Waals surface area (Å²) in [5.41, 5.74) is 9.23. The zero-order valence-corrected chi connectivity index (χ0v) is 11.5. The van der Waals surface area contributed by atoms with E-state index in [0.29, 0.717) is 5.69 Å². The van der Waals surface area contributed by atoms with Crippen LogP contribution in [0.5, 0.6) is 0 Å². The lowest BCUT2D eigenvalue weighted by atomic mass is 10.1. The van der Waals surface area contributed by atoms with Gasteiger partial charge in [-0.3, -0.25) is 0 Å². The minimum atomic E-state index is -0.249. The van der Waals surface area contributed by atoms with Crippen LogP contribution in [0.2, 0.25) is 0 Å². The second kappa shape index (κ2) is 5.41. The van der Waals surface area contributed by atoms with E-state index in [4.69, 9.17) is 5.73 Å². The standard InChI is InChI=1S/C16H19FN2/c1-11-6-4-5-7-15(11)19(3)16-9-8-13(12(2)18)10-14(16)17/h4-10,12H,18H2,1-3H3/t12-/m1/s1. The monoisotopic (exact) mass is 258 g/mol. The van der Waals surface area contributed by atoms with Crippen molar-refractivity contribution in [3.05, 3.63) is 59.4 Å². The number of para-hydroxylation sites is 1. The summed E-state index contributed by atoms with van der Waals surface area (Å²) in [7, 11) is 1.87. The number of rotatable bonds is 3. The highest BCUT2D eigenvalue weighted by molar-refractivity contribution is 5.66. The summed E-state index contributed by atoms with van der Waals surface area (Å²) in [5.74, 6) is -0.249. The van der Waals surface area contributed by atoms with Gasteiger partial charge >= 0.3 is 0 Å². The quantitative estimate of drug-likeness (QED) is 0.904. The first-order chi connectivity index (χ1) is 9.00. The molecule has 19 heavy (non-hydrogen) atoms. The van der Waals surface area contributed by atoms with Crippen molar-refractivity contribution in [1.29, 1.82) is 0 Å². The molecule has 2 N–H and O–H groups in total. The highest BCUT2D eigenvalue weighted by Crippen LogP contribution is 2.29. The number of anilines is 2. The number of halogens is 1. The maximum atomic E-state index is 14.2. The molecule has 2 aromatic rings. The Hall–Kier alpha value is -1.87. The van der Waals surface area contributed by atoms with Crippen LogP contribution in [0.3, 0.4) is 0 Å². The van der Waals surface area contributed by atoms with Gasteiger partial charge in [-0.15, -0.1) is 0 Å². The van der Waals surface area contributed by atoms with Gasteiger partial charge in [0, 0.05) is 18.8 Å². The van der Waals surface area contributed by atoms with E-state index in [2.05, 4.69) is 0 Å². The van der Waals surface area contributed by atoms with Gasteiger partial charge in [0.15, 0.2) is 0 Å². The fourth-order valence-electron chi connectivity index (χ4n) is 2.15. The zero-order chi connectivity index (χ0) is 14.0. The molecule has 0 fully saturated rings. The molecule has 2 nitrogen and oxygen atoms in total. The van der Waals surface area contributed by atoms with Crippen LogP contribution in [-0.2, 0) is 0 Å². The number of nitrogens with zero attached hydrogens (tertiary/aromatic N) is 1. The summed E-state index contributed by atoms with van der Waals surface area (Å²) in [6.07, 6.45) is 0. The smallest absolute Gasteiger partial charge is 0.147 e. The fourth-order valence-corrected chi connectivity index (χ4v) is 2.15. The predicted molar refractivity (Wildman–Crippen MR) is 78.2 cm³/mol. The molecular formula is C16H19FN2. The lowest BCUT2D eigenvalue weighted by molar-refractivity contribution is 0.622. The lowest BCUT2D eigenvalue weighted by Gasteiger charge is -2.22. The van der Waals surface area contributed by atoms with Gasteiger partial charge in [0.1, 0.15) is 5.82 Å². The minimum absolute atomic E-state index is 0.160. The van der Waals surface area contributed by atoms with Crippen molar-refractivity contribution in [2.45, 2.75) is 19.9 Å². The van der Waals surface area contributed by atoms with Crippen LogP contribution in [-0.4, -0.2) is 7.05 Å². The second-order valence-corrected chi connectivity index (χ2v) is 4.85. The number of nitrogens with two attached hydrogens (primary N) is 1. The molecule has 2 aromatic carbocycles. The van der Waals surface area contributed by atoms with Crippen LogP contribution in [0.25, 0.3) is 0 Å². The SMILES string of the molecule is Cc1ccccc1N(C)c1ccc([C@@H](C)N)cc1F. The van der Waals surface area contributed by atoms with Crippen LogP contribution in [0, 0.1) is 12.7 Å². The Balaban J connectivity index is 2.40. The Morgan fingerprint density at radius 1 is 1.11 bits per heavy atom. The molecule has 100 valence electrons. The molecule has 0 saturated heterocycles. The first-order valence-electron chi connectivity index (χ1n) is 6.35. The van der Waals surface area contributed by atoms with Gasteiger partial charge in [0.25, 0.3) is 0 Å². The van der Waals surface area contributed by atoms with Crippen molar-refractivity contribution in [2.75, 3.05) is 11.9 Å². The second-order valence-electron chi connectivity index (χ2n) is 4.85. The third kappa shape index (κ3) is 2.76. The third-order valence-electron chi connectivity index (χ3n) is 3.34. The topological polar surface area (TPSA) is 29.3 Å². The molecule has 0 aliphatic heterocycles. The van der Waals surface area contributed by atoms with E-state index in [0.717, 1.165) is 16.8 Å². The molecule has 0 aliphatic carbocycles. The number of benzene rings is 2. The Bertz CT molecular complexity index is 579. The van der Waals surface area contributed by atoms with Crippen molar-refractivity contribution >= 4 is 11.4 Å². The zero-order valence-electron chi connectivity index (χ0n) is 11.5. The average Bonchev–Trinajstić information content (AvgIpc) is 2.38. The summed E-state index contributed by atoms with van der Waals surface area (Å²) in [6.45, 7) is 3.86. The summed E-state index contributed by atoms with van der Waals surface area (Å²) in [4.78, 5) is 1.86. The summed E-state index contributed by atoms with van der Waals surface area (Å²) in [6, 6.07) is 12.9. The van der Waals surface area contributed by atoms with Crippen LogP contribution >= 0.6 is 0 Å². The molecular weight excluding hydrogens is 239 g/mol. The predicted octanol–water partition coefficient (Wildman–Crippen LogP) is 3.92. The van der Waals surface area contributed by atoms with Gasteiger partial charge < -0.3 is 10.6 Å². The van der Waals surface area contributed by atoms with Gasteiger partial charge in [0.05, 0.1) is 5.69 Å². The summed E-state index contributed by atoms with van der Waals surface area (Å²) < 4.78 is 14.2. The van der Waals surface area contributed by atoms with Crippen LogP contribution in [0.15, 0.2) is 42.5 Å². The number of aryl methyl sites for hydroxylation is 1. The molecule has 0 amide bonds. The van der Waals surface area contributed by atoms with E-state index in [1.54, 1.807) is 6.07 Å². The Kier molecular flexibility index (Phi) is 3.86. The van der Waals surface area contributed by atoms with E-state index in [1.165, 1.54) is 6.07 Å². The first kappa shape index (κ1) is 13.6. The van der Waals surface area contributed by atoms with Crippen LogP contribution < -0.4 is 10.6 Å². The molecule has 0 unspecified atom stereocenters. The largest absolute Gasteiger partial charge is 0.342 e. The van der Waals surface area contributed by atoms with Gasteiger partial charge in [-0.1, -0.05) is 24.3 Å². The molecule has 3 heteroatoms. The minimum Gasteiger partial charge on any atom is -0.342 e. The van der Waals surface area contributed by atoms with Crippen molar-refractivity contribution in [3.63, 3.8) is 0 Å². The summed E-state index contributed by atoms with van der Waals surface area (Å²) >= 11 is 0. The molecule has 0 aromatic heterocycles. The number of hydrogen-bond acceptors (Lipinski definition) is 2. The highest BCUT2D eigenvalue weighted by Gasteiger charge is 2.12. The molecule has 0 saturated carbocycles. The van der Waals surface area contributed by atoms with Gasteiger partial charge in [-0.25, -0.2) is 4.39 Å². The van der Waals surface area contributed by atoms with E-state index in [1.807, 2.05) is 56.1 Å². The van der Waals surface area contributed by atoms with E-state index >= 15 is 0 Å². The molecule has 0 bridgehead atoms. The maximum Gasteiger partial charge on any atom is 0.147 e. The van der Waals surface area contributed by atoms with E-state index < -0.39 is 0 Å². The fraction of sp³-hybridized carbons (Fsp3) is 0.250. The molecule has 2 rings (SSSR count). The summed E-state index contributed by atoms with van der Waals surface area (Å²) in [5, 5.41) is 0. The third-order valence-corrected chi connectivity index (χ3v) is 3.34. The van der Waals surface area contributed by atoms with Crippen molar-refractivity contribution < 1.29 is 4.39 Å². The Morgan fingerprint density at radius 2 is 1.79 bits per heavy atom. The lowest BCUT2D eigenvalue weighted by Crippen LogP contribution is -2.13. The molecule has 0 spiro atoms. The van der Waals surface area contributed by atoms with Gasteiger partial charge in [-0.2, -0.15) is 0 Å². The maximum absolute atomic E-state index is 14.2. The normalized spacial score (nSPS) is 12.3.